The van der Waals surface area contributed by atoms with Gasteiger partial charge in [-0.3, -0.25) is 0 Å². The van der Waals surface area contributed by atoms with Gasteiger partial charge in [-0.25, -0.2) is 0 Å². The molecular formula is C8H31F3O9Si9. The quantitative estimate of drug-likeness (QED) is 0.331. The molecule has 2 saturated heterocycles. The largest absolute Gasteiger partial charge is 0.425 e. The lowest BCUT2D eigenvalue weighted by Crippen LogP contribution is -2.57. The van der Waals surface area contributed by atoms with E-state index in [2.05, 4.69) is 0 Å². The Bertz CT molecular complexity index is 453. The van der Waals surface area contributed by atoms with Crippen LogP contribution in [0.4, 0.5) is 13.2 Å². The molecule has 0 aromatic carbocycles. The molecule has 0 saturated carbocycles. The van der Waals surface area contributed by atoms with Crippen LogP contribution in [0.5, 0.6) is 0 Å². The molecule has 2 heterocycles. The molecule has 0 aliphatic carbocycles. The summed E-state index contributed by atoms with van der Waals surface area (Å²) >= 11 is 0. The van der Waals surface area contributed by atoms with E-state index in [1.807, 2.05) is 26.2 Å². The lowest BCUT2D eigenvalue weighted by molar-refractivity contribution is -0.131. The van der Waals surface area contributed by atoms with E-state index in [0.29, 0.717) is 0 Å². The molecule has 0 bridgehead atoms. The zero-order chi connectivity index (χ0) is 22.0. The van der Waals surface area contributed by atoms with Crippen molar-refractivity contribution in [2.24, 2.45) is 0 Å². The SMILES string of the molecule is C[Si]1(C)O[SiH2]O[SiH2]O[Si](C)(CCC(F)(F)F)O[Si](C)(C)O1.O1[SiH2]O[SiH2]O[SiH2]O[SiH2]1. The lowest BCUT2D eigenvalue weighted by atomic mass is 10.5. The van der Waals surface area contributed by atoms with Crippen LogP contribution in [0.2, 0.25) is 38.8 Å². The van der Waals surface area contributed by atoms with E-state index in [4.69, 9.17) is 37.0 Å². The molecule has 0 radical (unpaired) electrons. The zero-order valence-corrected chi connectivity index (χ0v) is 29.0. The monoisotopic (exact) mass is 580 g/mol. The van der Waals surface area contributed by atoms with Gasteiger partial charge in [0.15, 0.2) is 0 Å². The van der Waals surface area contributed by atoms with Gasteiger partial charge in [-0.2, -0.15) is 13.2 Å². The zero-order valence-electron chi connectivity index (χ0n) is 17.5. The molecule has 1 unspecified atom stereocenters. The fourth-order valence-electron chi connectivity index (χ4n) is 2.44. The molecule has 2 fully saturated rings. The highest BCUT2D eigenvalue weighted by Crippen LogP contribution is 2.30. The second kappa shape index (κ2) is 13.2. The standard InChI is InChI=1S/C8H23F3O5Si5.H8O4Si4/c1-19(2)13-17-12-18-14-21(5,7-6-8(9,10)11)16-20(3,4)15-19;1-5-2-7-4-8-3-6-1/h6-7,17-18H2,1-5H3;5-8H2. The highest BCUT2D eigenvalue weighted by atomic mass is 28.5. The summed E-state index contributed by atoms with van der Waals surface area (Å²) in [5.41, 5.74) is 0. The molecule has 0 aromatic rings. The summed E-state index contributed by atoms with van der Waals surface area (Å²) in [5, 5.41) is 0. The van der Waals surface area contributed by atoms with E-state index < -0.39 is 98.3 Å². The summed E-state index contributed by atoms with van der Waals surface area (Å²) in [6, 6.07) is -0.128. The summed E-state index contributed by atoms with van der Waals surface area (Å²) in [7, 11) is -13.0. The summed E-state index contributed by atoms with van der Waals surface area (Å²) in [4.78, 5) is 0. The fraction of sp³-hybridized carbons (Fsp3) is 1.00. The van der Waals surface area contributed by atoms with Gasteiger partial charge < -0.3 is 37.0 Å². The minimum absolute atomic E-state index is 0.128. The van der Waals surface area contributed by atoms with Crippen LogP contribution in [0.25, 0.3) is 0 Å². The molecule has 2 aliphatic rings. The van der Waals surface area contributed by atoms with E-state index in [1.54, 1.807) is 6.55 Å². The molecule has 0 amide bonds. The van der Waals surface area contributed by atoms with Gasteiger partial charge in [0.2, 0.25) is 0 Å². The van der Waals surface area contributed by atoms with Crippen LogP contribution >= 0.6 is 0 Å². The molecular weight excluding hydrogens is 550 g/mol. The van der Waals surface area contributed by atoms with Gasteiger partial charge in [0.1, 0.15) is 0 Å². The third-order valence-corrected chi connectivity index (χ3v) is 25.0. The summed E-state index contributed by atoms with van der Waals surface area (Å²) in [6.07, 6.45) is -5.11. The van der Waals surface area contributed by atoms with Crippen molar-refractivity contribution in [3.05, 3.63) is 0 Å². The molecule has 174 valence electrons. The Morgan fingerprint density at radius 2 is 1.07 bits per heavy atom. The maximum Gasteiger partial charge on any atom is 0.389 e. The summed E-state index contributed by atoms with van der Waals surface area (Å²) < 4.78 is 86.6. The Morgan fingerprint density at radius 1 is 0.621 bits per heavy atom. The average molecular weight is 581 g/mol. The van der Waals surface area contributed by atoms with Crippen LogP contribution in [0.1, 0.15) is 6.42 Å². The van der Waals surface area contributed by atoms with Crippen molar-refractivity contribution in [3.8, 4) is 0 Å². The van der Waals surface area contributed by atoms with E-state index in [1.165, 1.54) is 0 Å². The highest BCUT2D eigenvalue weighted by Gasteiger charge is 2.46. The number of alkyl halides is 3. The number of hydrogen-bond acceptors (Lipinski definition) is 9. The van der Waals surface area contributed by atoms with Crippen molar-refractivity contribution in [2.45, 2.75) is 51.4 Å². The minimum atomic E-state index is -4.21. The third-order valence-electron chi connectivity index (χ3n) is 3.42. The molecule has 0 aromatic heterocycles. The van der Waals surface area contributed by atoms with Crippen molar-refractivity contribution < 1.29 is 50.2 Å². The molecule has 29 heavy (non-hydrogen) atoms. The predicted octanol–water partition coefficient (Wildman–Crippen LogP) is -2.43. The molecule has 0 spiro atoms. The first kappa shape index (κ1) is 28.4. The first-order chi connectivity index (χ1) is 13.3. The van der Waals surface area contributed by atoms with Crippen molar-refractivity contribution in [1.82, 2.24) is 0 Å². The lowest BCUT2D eigenvalue weighted by Gasteiger charge is -2.40. The normalized spacial score (nSPS) is 33.9. The Labute approximate surface area is 187 Å². The Hall–Kier alpha value is 1.38. The van der Waals surface area contributed by atoms with Crippen LogP contribution in [0, 0.1) is 0 Å². The number of halogens is 3. The van der Waals surface area contributed by atoms with Crippen LogP contribution in [-0.2, 0) is 37.0 Å². The number of hydrogen-bond donors (Lipinski definition) is 0. The smallest absolute Gasteiger partial charge is 0.389 e. The van der Waals surface area contributed by atoms with Gasteiger partial charge in [-0.05, 0) is 38.8 Å². The molecule has 1 atom stereocenters. The van der Waals surface area contributed by atoms with Crippen molar-refractivity contribution in [1.29, 1.82) is 0 Å². The van der Waals surface area contributed by atoms with Gasteiger partial charge in [0.25, 0.3) is 60.0 Å². The third kappa shape index (κ3) is 15.0. The fourth-order valence-corrected chi connectivity index (χ4v) is 26.9. The van der Waals surface area contributed by atoms with E-state index in [0.717, 1.165) is 0 Å². The van der Waals surface area contributed by atoms with Crippen LogP contribution < -0.4 is 0 Å². The van der Waals surface area contributed by atoms with E-state index in [-0.39, 0.29) is 6.04 Å². The van der Waals surface area contributed by atoms with Gasteiger partial charge in [0, 0.05) is 6.42 Å². The van der Waals surface area contributed by atoms with E-state index >= 15 is 0 Å². The molecule has 0 N–H and O–H groups in total. The van der Waals surface area contributed by atoms with Crippen molar-refractivity contribution in [2.75, 3.05) is 0 Å². The molecule has 2 rings (SSSR count). The maximum absolute atomic E-state index is 12.5. The van der Waals surface area contributed by atoms with Gasteiger partial charge >= 0.3 is 31.9 Å². The Morgan fingerprint density at radius 3 is 1.55 bits per heavy atom. The first-order valence-electron chi connectivity index (χ1n) is 8.96. The van der Waals surface area contributed by atoms with Crippen LogP contribution in [0.15, 0.2) is 0 Å². The summed E-state index contributed by atoms with van der Waals surface area (Å²) in [6.45, 7) is 9.14. The van der Waals surface area contributed by atoms with Crippen LogP contribution in [-0.4, -0.2) is 91.9 Å². The predicted molar refractivity (Wildman–Crippen MR) is 123 cm³/mol. The van der Waals surface area contributed by atoms with Crippen molar-refractivity contribution in [3.63, 3.8) is 0 Å². The van der Waals surface area contributed by atoms with Gasteiger partial charge in [0.05, 0.1) is 0 Å². The highest BCUT2D eigenvalue weighted by molar-refractivity contribution is 6.86. The van der Waals surface area contributed by atoms with Gasteiger partial charge in [-0.15, -0.1) is 0 Å². The molecule has 9 nitrogen and oxygen atoms in total. The Kier molecular flexibility index (Phi) is 12.9. The summed E-state index contributed by atoms with van der Waals surface area (Å²) in [5.74, 6) is 0. The van der Waals surface area contributed by atoms with Crippen LogP contribution in [0.3, 0.4) is 0 Å². The minimum Gasteiger partial charge on any atom is -0.425 e. The second-order valence-corrected chi connectivity index (χ2v) is 29.2. The average Bonchev–Trinajstić information content (AvgIpc) is 2.50. The first-order valence-corrected chi connectivity index (χ1v) is 24.0. The molecule has 2 aliphatic heterocycles. The van der Waals surface area contributed by atoms with E-state index in [9.17, 15) is 13.2 Å². The second-order valence-electron chi connectivity index (χ2n) is 7.27. The maximum atomic E-state index is 12.5. The molecule has 21 heteroatoms. The van der Waals surface area contributed by atoms with Crippen molar-refractivity contribution >= 4 is 85.7 Å². The Balaban J connectivity index is 0.000000436. The number of rotatable bonds is 2. The topological polar surface area (TPSA) is 83.1 Å². The van der Waals surface area contributed by atoms with Gasteiger partial charge in [-0.1, -0.05) is 0 Å².